The molecule has 4 nitrogen and oxygen atoms in total. The highest BCUT2D eigenvalue weighted by atomic mass is 32.2. The third kappa shape index (κ3) is 3.33. The lowest BCUT2D eigenvalue weighted by Crippen LogP contribution is -2.21. The highest BCUT2D eigenvalue weighted by Gasteiger charge is 2.28. The van der Waals surface area contributed by atoms with E-state index in [-0.39, 0.29) is 11.8 Å². The molecule has 0 spiro atoms. The minimum Gasteiger partial charge on any atom is -0.331 e. The number of hydrogen-bond acceptors (Lipinski definition) is 3. The van der Waals surface area contributed by atoms with Gasteiger partial charge in [0.25, 0.3) is 0 Å². The van der Waals surface area contributed by atoms with E-state index in [1.54, 1.807) is 18.0 Å². The third-order valence-corrected chi connectivity index (χ3v) is 5.67. The van der Waals surface area contributed by atoms with Crippen LogP contribution < -0.4 is 5.32 Å². The Morgan fingerprint density at radius 2 is 2.16 bits per heavy atom. The Labute approximate surface area is 151 Å². The van der Waals surface area contributed by atoms with Crippen LogP contribution in [-0.2, 0) is 11.3 Å². The summed E-state index contributed by atoms with van der Waals surface area (Å²) in [4.78, 5) is 18.2. The van der Waals surface area contributed by atoms with Crippen LogP contribution in [0.25, 0.3) is 0 Å². The van der Waals surface area contributed by atoms with Crippen molar-refractivity contribution in [2.24, 2.45) is 0 Å². The summed E-state index contributed by atoms with van der Waals surface area (Å²) in [6, 6.07) is 16.2. The summed E-state index contributed by atoms with van der Waals surface area (Å²) in [6.45, 7) is 2.73. The fourth-order valence-corrected chi connectivity index (χ4v) is 4.35. The topological polar surface area (TPSA) is 46.9 Å². The van der Waals surface area contributed by atoms with E-state index < -0.39 is 0 Å². The van der Waals surface area contributed by atoms with Crippen molar-refractivity contribution < 1.29 is 4.79 Å². The van der Waals surface area contributed by atoms with Crippen LogP contribution in [0.4, 0.5) is 5.69 Å². The first-order chi connectivity index (χ1) is 12.2. The van der Waals surface area contributed by atoms with Crippen LogP contribution in [0.3, 0.4) is 0 Å². The normalized spacial score (nSPS) is 15.8. The molecule has 1 amide bonds. The Kier molecular flexibility index (Phi) is 4.32. The quantitative estimate of drug-likeness (QED) is 0.772. The number of nitrogens with one attached hydrogen (secondary N) is 1. The molecule has 1 aliphatic rings. The Morgan fingerprint density at radius 1 is 1.28 bits per heavy atom. The number of imidazole rings is 1. The second-order valence-corrected chi connectivity index (χ2v) is 7.26. The van der Waals surface area contributed by atoms with Crippen molar-refractivity contribution in [2.45, 2.75) is 24.3 Å². The van der Waals surface area contributed by atoms with Gasteiger partial charge in [-0.15, -0.1) is 11.8 Å². The molecule has 4 rings (SSSR count). The molecule has 5 heteroatoms. The first-order valence-corrected chi connectivity index (χ1v) is 9.28. The third-order valence-electron chi connectivity index (χ3n) is 4.49. The predicted octanol–water partition coefficient (Wildman–Crippen LogP) is 4.07. The molecular formula is C20H19N3OS. The molecule has 0 unspecified atom stereocenters. The van der Waals surface area contributed by atoms with E-state index in [0.717, 1.165) is 34.9 Å². The summed E-state index contributed by atoms with van der Waals surface area (Å²) in [5, 5.41) is 3.08. The average Bonchev–Trinajstić information content (AvgIpc) is 3.22. The molecule has 2 aromatic carbocycles. The molecule has 0 radical (unpaired) electrons. The maximum absolute atomic E-state index is 12.7. The molecule has 126 valence electrons. The molecular weight excluding hydrogens is 330 g/mol. The van der Waals surface area contributed by atoms with E-state index in [1.165, 1.54) is 4.90 Å². The number of carbonyl (C=O) groups excluding carboxylic acids is 1. The van der Waals surface area contributed by atoms with E-state index in [4.69, 9.17) is 0 Å². The summed E-state index contributed by atoms with van der Waals surface area (Å²) < 4.78 is 2.09. The minimum absolute atomic E-state index is 0.0633. The summed E-state index contributed by atoms with van der Waals surface area (Å²) >= 11 is 1.75. The van der Waals surface area contributed by atoms with Gasteiger partial charge in [-0.3, -0.25) is 4.79 Å². The Morgan fingerprint density at radius 3 is 3.00 bits per heavy atom. The fourth-order valence-electron chi connectivity index (χ4n) is 3.12. The lowest BCUT2D eigenvalue weighted by molar-refractivity contribution is -0.117. The number of thioether (sulfide) groups is 1. The molecule has 1 aliphatic heterocycles. The number of fused-ring (bicyclic) bond motifs is 1. The van der Waals surface area contributed by atoms with E-state index in [0.29, 0.717) is 0 Å². The van der Waals surface area contributed by atoms with Gasteiger partial charge in [-0.05, 0) is 36.2 Å². The highest BCUT2D eigenvalue weighted by Crippen LogP contribution is 2.39. The molecule has 0 saturated carbocycles. The van der Waals surface area contributed by atoms with Gasteiger partial charge in [0.2, 0.25) is 5.91 Å². The Bertz CT molecular complexity index is 919. The molecule has 3 aromatic rings. The van der Waals surface area contributed by atoms with Gasteiger partial charge >= 0.3 is 0 Å². The van der Waals surface area contributed by atoms with E-state index in [9.17, 15) is 4.79 Å². The van der Waals surface area contributed by atoms with E-state index in [2.05, 4.69) is 33.1 Å². The summed E-state index contributed by atoms with van der Waals surface area (Å²) in [6.07, 6.45) is 3.77. The zero-order chi connectivity index (χ0) is 17.2. The van der Waals surface area contributed by atoms with E-state index in [1.807, 2.05) is 43.5 Å². The maximum atomic E-state index is 12.7. The predicted molar refractivity (Wildman–Crippen MR) is 101 cm³/mol. The maximum Gasteiger partial charge on any atom is 0.232 e. The molecule has 1 aromatic heterocycles. The Balaban J connectivity index is 1.49. The number of aryl methyl sites for hydroxylation is 1. The van der Waals surface area contributed by atoms with Crippen molar-refractivity contribution >= 4 is 23.4 Å². The first kappa shape index (κ1) is 16.0. The number of benzene rings is 2. The smallest absolute Gasteiger partial charge is 0.232 e. The van der Waals surface area contributed by atoms with Crippen LogP contribution in [0.15, 0.2) is 65.8 Å². The van der Waals surface area contributed by atoms with Crippen molar-refractivity contribution in [3.8, 4) is 0 Å². The second kappa shape index (κ2) is 6.76. The highest BCUT2D eigenvalue weighted by molar-refractivity contribution is 7.99. The van der Waals surface area contributed by atoms with Crippen molar-refractivity contribution in [3.05, 3.63) is 77.9 Å². The standard InChI is InChI=1S/C20H19N3OS/c1-14-21-9-10-23(14)12-15-5-4-6-16(11-15)22-20(24)18-13-25-19-8-3-2-7-17(18)19/h2-11,18H,12-13H2,1H3,(H,22,24)/t18-/m0/s1. The van der Waals surface area contributed by atoms with Gasteiger partial charge in [-0.25, -0.2) is 4.98 Å². The molecule has 1 N–H and O–H groups in total. The SMILES string of the molecule is Cc1nccn1Cc1cccc(NC(=O)[C@H]2CSc3ccccc32)c1. The number of anilines is 1. The summed E-state index contributed by atoms with van der Waals surface area (Å²) in [7, 11) is 0. The van der Waals surface area contributed by atoms with Gasteiger partial charge in [0, 0.05) is 35.3 Å². The molecule has 0 fully saturated rings. The van der Waals surface area contributed by atoms with Crippen LogP contribution >= 0.6 is 11.8 Å². The molecule has 2 heterocycles. The monoisotopic (exact) mass is 349 g/mol. The van der Waals surface area contributed by atoms with Gasteiger partial charge in [0.05, 0.1) is 5.92 Å². The van der Waals surface area contributed by atoms with Crippen molar-refractivity contribution in [1.82, 2.24) is 9.55 Å². The summed E-state index contributed by atoms with van der Waals surface area (Å²) in [5.74, 6) is 1.77. The van der Waals surface area contributed by atoms with Gasteiger partial charge < -0.3 is 9.88 Å². The first-order valence-electron chi connectivity index (χ1n) is 8.30. The van der Waals surface area contributed by atoms with Crippen LogP contribution in [0, 0.1) is 6.92 Å². The van der Waals surface area contributed by atoms with Gasteiger partial charge in [0.15, 0.2) is 0 Å². The zero-order valence-electron chi connectivity index (χ0n) is 14.0. The van der Waals surface area contributed by atoms with Crippen molar-refractivity contribution in [2.75, 3.05) is 11.1 Å². The van der Waals surface area contributed by atoms with Crippen LogP contribution in [-0.4, -0.2) is 21.2 Å². The molecule has 0 aliphatic carbocycles. The van der Waals surface area contributed by atoms with Crippen LogP contribution in [0.1, 0.15) is 22.9 Å². The number of rotatable bonds is 4. The van der Waals surface area contributed by atoms with Crippen molar-refractivity contribution in [1.29, 1.82) is 0 Å². The average molecular weight is 349 g/mol. The number of hydrogen-bond donors (Lipinski definition) is 1. The van der Waals surface area contributed by atoms with Gasteiger partial charge in [0.1, 0.15) is 5.82 Å². The number of aromatic nitrogens is 2. The van der Waals surface area contributed by atoms with E-state index >= 15 is 0 Å². The van der Waals surface area contributed by atoms with Gasteiger partial charge in [-0.2, -0.15) is 0 Å². The molecule has 25 heavy (non-hydrogen) atoms. The number of nitrogens with zero attached hydrogens (tertiary/aromatic N) is 2. The van der Waals surface area contributed by atoms with Crippen LogP contribution in [0.5, 0.6) is 0 Å². The molecule has 0 saturated heterocycles. The van der Waals surface area contributed by atoms with Crippen molar-refractivity contribution in [3.63, 3.8) is 0 Å². The largest absolute Gasteiger partial charge is 0.331 e. The number of amides is 1. The molecule has 1 atom stereocenters. The van der Waals surface area contributed by atoms with Gasteiger partial charge in [-0.1, -0.05) is 30.3 Å². The second-order valence-electron chi connectivity index (χ2n) is 6.19. The van der Waals surface area contributed by atoms with Crippen LogP contribution in [0.2, 0.25) is 0 Å². The number of carbonyl (C=O) groups is 1. The minimum atomic E-state index is -0.0826. The Hall–Kier alpha value is -2.53. The lowest BCUT2D eigenvalue weighted by Gasteiger charge is -2.13. The molecule has 0 bridgehead atoms. The zero-order valence-corrected chi connectivity index (χ0v) is 14.8. The lowest BCUT2D eigenvalue weighted by atomic mass is 10.0. The fraction of sp³-hybridized carbons (Fsp3) is 0.200. The summed E-state index contributed by atoms with van der Waals surface area (Å²) in [5.41, 5.74) is 3.12.